The van der Waals surface area contributed by atoms with Crippen LogP contribution in [0.1, 0.15) is 83.4 Å². The molecule has 1 saturated carbocycles. The van der Waals surface area contributed by atoms with Gasteiger partial charge in [-0.2, -0.15) is 0 Å². The summed E-state index contributed by atoms with van der Waals surface area (Å²) in [4.78, 5) is 34.6. The molecule has 38 heavy (non-hydrogen) atoms. The van der Waals surface area contributed by atoms with Gasteiger partial charge in [-0.15, -0.1) is 0 Å². The molecule has 0 spiro atoms. The van der Waals surface area contributed by atoms with Gasteiger partial charge in [0.2, 0.25) is 12.2 Å². The first-order valence-corrected chi connectivity index (χ1v) is 13.9. The van der Waals surface area contributed by atoms with Gasteiger partial charge in [0.1, 0.15) is 11.8 Å². The number of carbonyl (C=O) groups is 2. The summed E-state index contributed by atoms with van der Waals surface area (Å²) in [6.45, 7) is 8.84. The first-order valence-electron chi connectivity index (χ1n) is 13.9. The van der Waals surface area contributed by atoms with E-state index < -0.39 is 12.3 Å². The van der Waals surface area contributed by atoms with Crippen LogP contribution in [-0.2, 0) is 24.5 Å². The molecule has 1 N–H and O–H groups in total. The summed E-state index contributed by atoms with van der Waals surface area (Å²) in [5.41, 5.74) is 3.04. The molecule has 7 heteroatoms. The van der Waals surface area contributed by atoms with Crippen LogP contribution >= 0.6 is 0 Å². The van der Waals surface area contributed by atoms with E-state index in [0.29, 0.717) is 35.6 Å². The van der Waals surface area contributed by atoms with E-state index in [1.807, 2.05) is 43.3 Å². The first kappa shape index (κ1) is 26.4. The van der Waals surface area contributed by atoms with Crippen molar-refractivity contribution >= 4 is 17.5 Å². The zero-order valence-electron chi connectivity index (χ0n) is 22.9. The Bertz CT molecular complexity index is 1180. The fraction of sp³-hybridized carbons (Fsp3) is 0.516. The van der Waals surface area contributed by atoms with Crippen molar-refractivity contribution in [1.82, 2.24) is 10.3 Å². The lowest BCUT2D eigenvalue weighted by Gasteiger charge is -2.34. The smallest absolute Gasteiger partial charge is 0.259 e. The molecule has 2 aromatic rings. The summed E-state index contributed by atoms with van der Waals surface area (Å²) in [5.74, 6) is 0.0135. The zero-order chi connectivity index (χ0) is 26.9. The SMILES string of the molecule is CC1=C(C(=O)N(c2ccc(C(C)(C)C)cc2)C(C(=O)NC2CCCCC2)c2cccnc2)C2CCOC2O1. The second kappa shape index (κ2) is 10.9. The van der Waals surface area contributed by atoms with E-state index in [1.165, 1.54) is 6.42 Å². The Labute approximate surface area is 225 Å². The molecule has 3 heterocycles. The van der Waals surface area contributed by atoms with Crippen molar-refractivity contribution in [2.75, 3.05) is 11.5 Å². The normalized spacial score (nSPS) is 22.5. The average molecular weight is 518 g/mol. The highest BCUT2D eigenvalue weighted by Crippen LogP contribution is 2.41. The molecule has 1 aromatic heterocycles. The molecule has 3 unspecified atom stereocenters. The third kappa shape index (κ3) is 5.35. The monoisotopic (exact) mass is 517 g/mol. The number of nitrogens with zero attached hydrogens (tertiary/aromatic N) is 2. The number of fused-ring (bicyclic) bond motifs is 1. The van der Waals surface area contributed by atoms with Gasteiger partial charge < -0.3 is 14.8 Å². The van der Waals surface area contributed by atoms with Crippen LogP contribution in [0.5, 0.6) is 0 Å². The Morgan fingerprint density at radius 3 is 2.45 bits per heavy atom. The van der Waals surface area contributed by atoms with Crippen LogP contribution in [0, 0.1) is 5.92 Å². The predicted octanol–water partition coefficient (Wildman–Crippen LogP) is 5.57. The lowest BCUT2D eigenvalue weighted by Crippen LogP contribution is -2.48. The lowest BCUT2D eigenvalue weighted by atomic mass is 9.87. The van der Waals surface area contributed by atoms with Crippen molar-refractivity contribution < 1.29 is 19.1 Å². The van der Waals surface area contributed by atoms with Crippen LogP contribution in [-0.4, -0.2) is 35.7 Å². The maximum Gasteiger partial charge on any atom is 0.259 e. The van der Waals surface area contributed by atoms with Crippen molar-refractivity contribution in [1.29, 1.82) is 0 Å². The highest BCUT2D eigenvalue weighted by molar-refractivity contribution is 6.10. The minimum Gasteiger partial charge on any atom is -0.468 e. The van der Waals surface area contributed by atoms with Crippen molar-refractivity contribution in [2.45, 2.75) is 90.0 Å². The van der Waals surface area contributed by atoms with Crippen molar-refractivity contribution in [3.8, 4) is 0 Å². The minimum atomic E-state index is -0.875. The van der Waals surface area contributed by atoms with Crippen LogP contribution < -0.4 is 10.2 Å². The highest BCUT2D eigenvalue weighted by Gasteiger charge is 2.46. The second-order valence-corrected chi connectivity index (χ2v) is 11.7. The average Bonchev–Trinajstić information content (AvgIpc) is 3.47. The Hall–Kier alpha value is -3.19. The maximum atomic E-state index is 14.5. The van der Waals surface area contributed by atoms with E-state index in [1.54, 1.807) is 17.3 Å². The number of hydrogen-bond donors (Lipinski definition) is 1. The van der Waals surface area contributed by atoms with Crippen molar-refractivity contribution in [3.63, 3.8) is 0 Å². The third-order valence-electron chi connectivity index (χ3n) is 8.00. The number of carbonyl (C=O) groups excluding carboxylic acids is 2. The van der Waals surface area contributed by atoms with Crippen LogP contribution in [0.15, 0.2) is 60.1 Å². The summed E-state index contributed by atoms with van der Waals surface area (Å²) in [6, 6.07) is 10.9. The van der Waals surface area contributed by atoms with Gasteiger partial charge in [0, 0.05) is 29.7 Å². The fourth-order valence-electron chi connectivity index (χ4n) is 5.89. The molecule has 3 aliphatic rings. The summed E-state index contributed by atoms with van der Waals surface area (Å²) in [6.07, 6.45) is 8.96. The summed E-state index contributed by atoms with van der Waals surface area (Å²) in [5, 5.41) is 3.27. The van der Waals surface area contributed by atoms with Crippen molar-refractivity contribution in [2.24, 2.45) is 5.92 Å². The van der Waals surface area contributed by atoms with Gasteiger partial charge in [-0.1, -0.05) is 58.2 Å². The number of aromatic nitrogens is 1. The number of pyridine rings is 1. The predicted molar refractivity (Wildman–Crippen MR) is 146 cm³/mol. The van der Waals surface area contributed by atoms with E-state index in [-0.39, 0.29) is 29.2 Å². The molecule has 5 rings (SSSR count). The second-order valence-electron chi connectivity index (χ2n) is 11.7. The molecule has 3 atom stereocenters. The lowest BCUT2D eigenvalue weighted by molar-refractivity contribution is -0.126. The number of amides is 2. The van der Waals surface area contributed by atoms with E-state index in [0.717, 1.165) is 31.2 Å². The molecule has 0 radical (unpaired) electrons. The summed E-state index contributed by atoms with van der Waals surface area (Å²) < 4.78 is 11.7. The van der Waals surface area contributed by atoms with Gasteiger partial charge in [-0.05, 0) is 55.4 Å². The number of nitrogens with one attached hydrogen (secondary N) is 1. The maximum absolute atomic E-state index is 14.5. The number of allylic oxidation sites excluding steroid dienone is 1. The Morgan fingerprint density at radius 1 is 1.05 bits per heavy atom. The zero-order valence-corrected chi connectivity index (χ0v) is 22.9. The van der Waals surface area contributed by atoms with Gasteiger partial charge in [-0.25, -0.2) is 0 Å². The fourth-order valence-corrected chi connectivity index (χ4v) is 5.89. The largest absolute Gasteiger partial charge is 0.468 e. The molecule has 1 saturated heterocycles. The Balaban J connectivity index is 1.59. The third-order valence-corrected chi connectivity index (χ3v) is 8.00. The van der Waals surface area contributed by atoms with Crippen molar-refractivity contribution in [3.05, 3.63) is 71.3 Å². The van der Waals surface area contributed by atoms with E-state index in [2.05, 4.69) is 31.1 Å². The van der Waals surface area contributed by atoms with Crippen LogP contribution in [0.3, 0.4) is 0 Å². The molecule has 1 aromatic carbocycles. The number of rotatable bonds is 6. The van der Waals surface area contributed by atoms with Gasteiger partial charge in [0.15, 0.2) is 0 Å². The number of benzene rings is 1. The molecule has 2 aliphatic heterocycles. The molecule has 202 valence electrons. The highest BCUT2D eigenvalue weighted by atomic mass is 16.7. The topological polar surface area (TPSA) is 80.8 Å². The number of anilines is 1. The molecule has 2 fully saturated rings. The van der Waals surface area contributed by atoms with Gasteiger partial charge in [-0.3, -0.25) is 19.5 Å². The molecule has 1 aliphatic carbocycles. The number of hydrogen-bond acceptors (Lipinski definition) is 5. The molecular weight excluding hydrogens is 478 g/mol. The molecule has 7 nitrogen and oxygen atoms in total. The first-order chi connectivity index (χ1) is 18.2. The number of ether oxygens (including phenoxy) is 2. The van der Waals surface area contributed by atoms with E-state index in [4.69, 9.17) is 9.47 Å². The van der Waals surface area contributed by atoms with Crippen LogP contribution in [0.25, 0.3) is 0 Å². The summed E-state index contributed by atoms with van der Waals surface area (Å²) in [7, 11) is 0. The molecule has 2 amide bonds. The molecular formula is C31H39N3O4. The van der Waals surface area contributed by atoms with E-state index >= 15 is 0 Å². The van der Waals surface area contributed by atoms with E-state index in [9.17, 15) is 9.59 Å². The van der Waals surface area contributed by atoms with Crippen LogP contribution in [0.2, 0.25) is 0 Å². The van der Waals surface area contributed by atoms with Crippen LogP contribution in [0.4, 0.5) is 5.69 Å². The Kier molecular flexibility index (Phi) is 7.57. The standard InChI is InChI=1S/C31H39N3O4/c1-20-26(25-16-18-37-30(25)38-20)29(36)34(24-14-12-22(13-15-24)31(2,3)4)27(21-9-8-17-32-19-21)28(35)33-23-10-6-5-7-11-23/h8-9,12-15,17,19,23,25,27,30H,5-7,10-11,16,18H2,1-4H3,(H,33,35). The minimum absolute atomic E-state index is 0.0404. The quantitative estimate of drug-likeness (QED) is 0.542. The van der Waals surface area contributed by atoms with Gasteiger partial charge in [0.05, 0.1) is 18.1 Å². The Morgan fingerprint density at radius 2 is 1.79 bits per heavy atom. The van der Waals surface area contributed by atoms with Gasteiger partial charge in [0.25, 0.3) is 5.91 Å². The molecule has 0 bridgehead atoms. The van der Waals surface area contributed by atoms with Gasteiger partial charge >= 0.3 is 0 Å². The summed E-state index contributed by atoms with van der Waals surface area (Å²) >= 11 is 0.